The monoisotopic (exact) mass is 301 g/mol. The third-order valence-electron chi connectivity index (χ3n) is 3.38. The van der Waals surface area contributed by atoms with Crippen LogP contribution < -0.4 is 14.8 Å². The second-order valence-electron chi connectivity index (χ2n) is 5.24. The van der Waals surface area contributed by atoms with Gasteiger partial charge in [-0.25, -0.2) is 0 Å². The van der Waals surface area contributed by atoms with Gasteiger partial charge in [-0.15, -0.1) is 0 Å². The summed E-state index contributed by atoms with van der Waals surface area (Å²) in [7, 11) is 0. The number of hydrogen-bond donors (Lipinski definition) is 1. The fourth-order valence-electron chi connectivity index (χ4n) is 2.40. The molecule has 1 N–H and O–H groups in total. The third kappa shape index (κ3) is 4.13. The van der Waals surface area contributed by atoms with Crippen molar-refractivity contribution in [3.8, 4) is 11.5 Å². The van der Waals surface area contributed by atoms with Crippen LogP contribution in [0.3, 0.4) is 0 Å². The zero-order chi connectivity index (χ0) is 15.9. The van der Waals surface area contributed by atoms with E-state index in [4.69, 9.17) is 9.47 Å². The minimum Gasteiger partial charge on any atom is -0.494 e. The number of fused-ring (bicyclic) bond motifs is 1. The van der Waals surface area contributed by atoms with E-state index in [0.29, 0.717) is 13.2 Å². The second kappa shape index (κ2) is 7.69. The first-order chi connectivity index (χ1) is 10.6. The van der Waals surface area contributed by atoms with Crippen LogP contribution in [0.5, 0.6) is 11.5 Å². The minimum absolute atomic E-state index is 0.129. The van der Waals surface area contributed by atoms with Crippen molar-refractivity contribution in [2.24, 2.45) is 0 Å². The van der Waals surface area contributed by atoms with Gasteiger partial charge in [-0.3, -0.25) is 4.79 Å². The number of carbonyl (C=O) groups is 1. The lowest BCUT2D eigenvalue weighted by atomic mass is 10.1. The molecule has 1 aliphatic rings. The van der Waals surface area contributed by atoms with Crippen LogP contribution in [0.2, 0.25) is 0 Å². The van der Waals surface area contributed by atoms with Gasteiger partial charge in [0.1, 0.15) is 17.6 Å². The van der Waals surface area contributed by atoms with Gasteiger partial charge in [0.25, 0.3) is 0 Å². The molecule has 0 saturated carbocycles. The van der Waals surface area contributed by atoms with Gasteiger partial charge in [0.05, 0.1) is 6.61 Å². The van der Waals surface area contributed by atoms with E-state index in [2.05, 4.69) is 5.32 Å². The topological polar surface area (TPSA) is 47.6 Å². The molecule has 0 aromatic heterocycles. The van der Waals surface area contributed by atoms with E-state index in [0.717, 1.165) is 23.5 Å². The minimum atomic E-state index is -0.129. The maximum absolute atomic E-state index is 11.7. The van der Waals surface area contributed by atoms with Crippen LogP contribution >= 0.6 is 0 Å². The number of allylic oxidation sites excluding steroid dienone is 3. The Hall–Kier alpha value is -2.23. The highest BCUT2D eigenvalue weighted by molar-refractivity contribution is 5.87. The maximum Gasteiger partial charge on any atom is 0.244 e. The molecule has 1 amide bonds. The van der Waals surface area contributed by atoms with Gasteiger partial charge in [0.15, 0.2) is 0 Å². The molecule has 4 nitrogen and oxygen atoms in total. The Labute approximate surface area is 131 Å². The molecule has 0 aliphatic carbocycles. The molecule has 0 bridgehead atoms. The molecular formula is C18H23NO3. The molecule has 0 radical (unpaired) electrons. The number of nitrogens with one attached hydrogen (secondary N) is 1. The zero-order valence-corrected chi connectivity index (χ0v) is 13.4. The summed E-state index contributed by atoms with van der Waals surface area (Å²) in [6, 6.07) is 4.00. The summed E-state index contributed by atoms with van der Waals surface area (Å²) >= 11 is 0. The fraction of sp³-hybridized carbons (Fsp3) is 0.389. The first-order valence-electron chi connectivity index (χ1n) is 7.66. The summed E-state index contributed by atoms with van der Waals surface area (Å²) in [5.74, 6) is 1.58. The summed E-state index contributed by atoms with van der Waals surface area (Å²) in [4.78, 5) is 11.7. The molecule has 0 spiro atoms. The Bertz CT molecular complexity index is 590. The first-order valence-corrected chi connectivity index (χ1v) is 7.66. The Balaban J connectivity index is 2.09. The average Bonchev–Trinajstić information content (AvgIpc) is 2.84. The van der Waals surface area contributed by atoms with Crippen molar-refractivity contribution in [2.45, 2.75) is 39.8 Å². The molecule has 0 unspecified atom stereocenters. The maximum atomic E-state index is 11.7. The lowest BCUT2D eigenvalue weighted by Gasteiger charge is -2.12. The van der Waals surface area contributed by atoms with E-state index in [9.17, 15) is 4.79 Å². The van der Waals surface area contributed by atoms with Crippen LogP contribution in [0.4, 0.5) is 0 Å². The molecule has 0 saturated heterocycles. The van der Waals surface area contributed by atoms with Crippen LogP contribution in [-0.2, 0) is 17.8 Å². The summed E-state index contributed by atoms with van der Waals surface area (Å²) < 4.78 is 11.5. The zero-order valence-electron chi connectivity index (χ0n) is 13.4. The van der Waals surface area contributed by atoms with Gasteiger partial charge < -0.3 is 14.8 Å². The van der Waals surface area contributed by atoms with Gasteiger partial charge in [0.2, 0.25) is 5.91 Å². The van der Waals surface area contributed by atoms with E-state index in [-0.39, 0.29) is 12.0 Å². The lowest BCUT2D eigenvalue weighted by Crippen LogP contribution is -2.20. The highest BCUT2D eigenvalue weighted by atomic mass is 16.5. The van der Waals surface area contributed by atoms with Gasteiger partial charge in [-0.2, -0.15) is 0 Å². The smallest absolute Gasteiger partial charge is 0.244 e. The van der Waals surface area contributed by atoms with Crippen LogP contribution in [0.25, 0.3) is 0 Å². The summed E-state index contributed by atoms with van der Waals surface area (Å²) in [6.07, 6.45) is 8.00. The third-order valence-corrected chi connectivity index (χ3v) is 3.38. The molecule has 1 heterocycles. The highest BCUT2D eigenvalue weighted by Crippen LogP contribution is 2.35. The lowest BCUT2D eigenvalue weighted by molar-refractivity contribution is -0.116. The number of ether oxygens (including phenoxy) is 2. The van der Waals surface area contributed by atoms with Crippen molar-refractivity contribution in [2.75, 3.05) is 6.61 Å². The molecule has 1 aromatic rings. The van der Waals surface area contributed by atoms with Crippen LogP contribution in [0, 0.1) is 0 Å². The predicted octanol–water partition coefficient (Wildman–Crippen LogP) is 3.16. The standard InChI is InChI=1S/C18H23NO3/c1-4-6-7-8-18(20)19-12-15-11-17-14(9-13(3)22-17)10-16(15)21-5-2/h4,6-8,10-11,13H,5,9,12H2,1-3H3,(H,19,20)/b6-4+,8-7+/t13-/m1/s1. The van der Waals surface area contributed by atoms with Gasteiger partial charge in [-0.05, 0) is 32.9 Å². The largest absolute Gasteiger partial charge is 0.494 e. The van der Waals surface area contributed by atoms with E-state index < -0.39 is 0 Å². The number of rotatable bonds is 6. The number of carbonyl (C=O) groups excluding carboxylic acids is 1. The van der Waals surface area contributed by atoms with Crippen LogP contribution in [0.1, 0.15) is 31.9 Å². The predicted molar refractivity (Wildman–Crippen MR) is 87.2 cm³/mol. The summed E-state index contributed by atoms with van der Waals surface area (Å²) in [5.41, 5.74) is 2.10. The van der Waals surface area contributed by atoms with E-state index >= 15 is 0 Å². The molecule has 1 aliphatic heterocycles. The van der Waals surface area contributed by atoms with Gasteiger partial charge in [-0.1, -0.05) is 18.2 Å². The Morgan fingerprint density at radius 3 is 3.00 bits per heavy atom. The van der Waals surface area contributed by atoms with Crippen molar-refractivity contribution < 1.29 is 14.3 Å². The molecule has 1 atom stereocenters. The number of amides is 1. The summed E-state index contributed by atoms with van der Waals surface area (Å²) in [5, 5.41) is 2.86. The van der Waals surface area contributed by atoms with Crippen molar-refractivity contribution in [1.82, 2.24) is 5.32 Å². The molecule has 118 valence electrons. The van der Waals surface area contributed by atoms with Crippen molar-refractivity contribution in [3.05, 3.63) is 47.6 Å². The van der Waals surface area contributed by atoms with Crippen molar-refractivity contribution >= 4 is 5.91 Å². The fourth-order valence-corrected chi connectivity index (χ4v) is 2.40. The Morgan fingerprint density at radius 2 is 2.27 bits per heavy atom. The van der Waals surface area contributed by atoms with Crippen LogP contribution in [0.15, 0.2) is 36.4 Å². The molecule has 1 aromatic carbocycles. The van der Waals surface area contributed by atoms with Crippen molar-refractivity contribution in [1.29, 1.82) is 0 Å². The van der Waals surface area contributed by atoms with E-state index in [1.165, 1.54) is 11.6 Å². The Morgan fingerprint density at radius 1 is 1.45 bits per heavy atom. The second-order valence-corrected chi connectivity index (χ2v) is 5.24. The number of benzene rings is 1. The normalized spacial score (nSPS) is 16.8. The highest BCUT2D eigenvalue weighted by Gasteiger charge is 2.21. The van der Waals surface area contributed by atoms with Crippen molar-refractivity contribution in [3.63, 3.8) is 0 Å². The number of hydrogen-bond acceptors (Lipinski definition) is 3. The molecule has 2 rings (SSSR count). The molecule has 22 heavy (non-hydrogen) atoms. The van der Waals surface area contributed by atoms with Gasteiger partial charge in [0, 0.05) is 30.2 Å². The van der Waals surface area contributed by atoms with Crippen LogP contribution in [-0.4, -0.2) is 18.6 Å². The van der Waals surface area contributed by atoms with Gasteiger partial charge >= 0.3 is 0 Å². The SMILES string of the molecule is C/C=C/C=C/C(=O)NCc1cc2c(cc1OCC)C[C@@H](C)O2. The molecular weight excluding hydrogens is 278 g/mol. The molecule has 0 fully saturated rings. The quantitative estimate of drug-likeness (QED) is 0.648. The average molecular weight is 301 g/mol. The van der Waals surface area contributed by atoms with E-state index in [1.807, 2.05) is 45.1 Å². The first kappa shape index (κ1) is 16.1. The molecule has 4 heteroatoms. The summed E-state index contributed by atoms with van der Waals surface area (Å²) in [6.45, 7) is 6.92. The Kier molecular flexibility index (Phi) is 5.64. The van der Waals surface area contributed by atoms with E-state index in [1.54, 1.807) is 6.08 Å².